The van der Waals surface area contributed by atoms with Gasteiger partial charge in [0.05, 0.1) is 19.8 Å². The number of ether oxygens (including phenoxy) is 1. The van der Waals surface area contributed by atoms with E-state index in [1.807, 2.05) is 54.6 Å². The number of benzene rings is 2. The van der Waals surface area contributed by atoms with Gasteiger partial charge < -0.3 is 15.4 Å². The zero-order chi connectivity index (χ0) is 22.1. The van der Waals surface area contributed by atoms with Crippen LogP contribution in [0, 0.1) is 0 Å². The van der Waals surface area contributed by atoms with Crippen molar-refractivity contribution < 1.29 is 17.9 Å². The first kappa shape index (κ1) is 23.1. The first-order chi connectivity index (χ1) is 14.9. The molecule has 1 aliphatic heterocycles. The zero-order valence-corrected chi connectivity index (χ0v) is 17.7. The average Bonchev–Trinajstić information content (AvgIpc) is 3.17. The molecule has 0 amide bonds. The van der Waals surface area contributed by atoms with E-state index in [0.29, 0.717) is 45.2 Å². The molecule has 0 aliphatic carbocycles. The highest BCUT2D eigenvalue weighted by atomic mass is 19.4. The molecule has 0 spiro atoms. The summed E-state index contributed by atoms with van der Waals surface area (Å²) in [5.74, 6) is 0.582. The molecule has 1 saturated heterocycles. The van der Waals surface area contributed by atoms with E-state index in [1.165, 1.54) is 4.90 Å². The summed E-state index contributed by atoms with van der Waals surface area (Å²) >= 11 is 0. The maximum absolute atomic E-state index is 12.6. The van der Waals surface area contributed by atoms with Crippen LogP contribution >= 0.6 is 0 Å². The second-order valence-corrected chi connectivity index (χ2v) is 7.65. The van der Waals surface area contributed by atoms with Crippen molar-refractivity contribution in [2.75, 3.05) is 26.7 Å². The molecule has 0 aromatic heterocycles. The fourth-order valence-corrected chi connectivity index (χ4v) is 3.64. The lowest BCUT2D eigenvalue weighted by Crippen LogP contribution is -2.45. The first-order valence-electron chi connectivity index (χ1n) is 10.4. The van der Waals surface area contributed by atoms with E-state index in [4.69, 9.17) is 4.74 Å². The van der Waals surface area contributed by atoms with Gasteiger partial charge in [-0.3, -0.25) is 9.89 Å². The van der Waals surface area contributed by atoms with E-state index in [2.05, 4.69) is 15.6 Å². The summed E-state index contributed by atoms with van der Waals surface area (Å²) in [6, 6.07) is 18.0. The van der Waals surface area contributed by atoms with Crippen molar-refractivity contribution in [2.45, 2.75) is 38.4 Å². The molecule has 1 fully saturated rings. The van der Waals surface area contributed by atoms with Crippen LogP contribution in [-0.4, -0.2) is 49.8 Å². The summed E-state index contributed by atoms with van der Waals surface area (Å²) in [4.78, 5) is 5.64. The van der Waals surface area contributed by atoms with Crippen molar-refractivity contribution in [1.29, 1.82) is 0 Å². The minimum Gasteiger partial charge on any atom is -0.372 e. The molecular weight excluding hydrogens is 405 g/mol. The number of hydrogen-bond donors (Lipinski definition) is 2. The Bertz CT molecular complexity index is 842. The number of aliphatic imine (C=N–C) groups is 1. The van der Waals surface area contributed by atoms with Gasteiger partial charge in [-0.05, 0) is 23.1 Å². The molecule has 0 bridgehead atoms. The van der Waals surface area contributed by atoms with Gasteiger partial charge in [0.25, 0.3) is 0 Å². The van der Waals surface area contributed by atoms with Crippen molar-refractivity contribution >= 4 is 5.96 Å². The number of likely N-dealkylation sites (tertiary alicyclic amines) is 1. The Labute approximate surface area is 181 Å². The number of guanidine groups is 1. The van der Waals surface area contributed by atoms with E-state index in [1.54, 1.807) is 7.05 Å². The highest BCUT2D eigenvalue weighted by Gasteiger charge is 2.34. The number of hydrogen-bond acceptors (Lipinski definition) is 3. The minimum atomic E-state index is -4.17. The third kappa shape index (κ3) is 7.88. The van der Waals surface area contributed by atoms with Gasteiger partial charge in [0.2, 0.25) is 0 Å². The Kier molecular flexibility index (Phi) is 8.31. The Morgan fingerprint density at radius 2 is 1.77 bits per heavy atom. The number of nitrogens with one attached hydrogen (secondary N) is 2. The molecule has 5 nitrogen and oxygen atoms in total. The summed E-state index contributed by atoms with van der Waals surface area (Å²) in [5.41, 5.74) is 3.29. The van der Waals surface area contributed by atoms with Crippen LogP contribution < -0.4 is 10.6 Å². The second kappa shape index (κ2) is 11.2. The Balaban J connectivity index is 1.47. The third-order valence-electron chi connectivity index (χ3n) is 5.17. The molecule has 2 N–H and O–H groups in total. The summed E-state index contributed by atoms with van der Waals surface area (Å²) in [5, 5.41) is 6.50. The molecule has 0 radical (unpaired) electrons. The highest BCUT2D eigenvalue weighted by Crippen LogP contribution is 2.20. The van der Waals surface area contributed by atoms with Crippen LogP contribution in [0.5, 0.6) is 0 Å². The smallest absolute Gasteiger partial charge is 0.372 e. The molecule has 1 atom stereocenters. The predicted octanol–water partition coefficient (Wildman–Crippen LogP) is 3.71. The van der Waals surface area contributed by atoms with Crippen LogP contribution in [0.3, 0.4) is 0 Å². The van der Waals surface area contributed by atoms with Crippen molar-refractivity contribution in [3.8, 4) is 0 Å². The van der Waals surface area contributed by atoms with Gasteiger partial charge in [-0.25, -0.2) is 0 Å². The highest BCUT2D eigenvalue weighted by molar-refractivity contribution is 5.80. The van der Waals surface area contributed by atoms with Gasteiger partial charge in [0, 0.05) is 32.7 Å². The van der Waals surface area contributed by atoms with Crippen molar-refractivity contribution in [2.24, 2.45) is 4.99 Å². The van der Waals surface area contributed by atoms with Gasteiger partial charge in [-0.15, -0.1) is 0 Å². The normalized spacial score (nSPS) is 17.7. The van der Waals surface area contributed by atoms with Crippen molar-refractivity contribution in [3.63, 3.8) is 0 Å². The number of alkyl halides is 3. The molecular formula is C23H29F3N4O. The fourth-order valence-electron chi connectivity index (χ4n) is 3.64. The molecule has 1 unspecified atom stereocenters. The second-order valence-electron chi connectivity index (χ2n) is 7.65. The molecule has 2 aromatic carbocycles. The van der Waals surface area contributed by atoms with Crippen LogP contribution in [0.2, 0.25) is 0 Å². The molecule has 0 saturated carbocycles. The molecule has 31 heavy (non-hydrogen) atoms. The Hall–Kier alpha value is -2.58. The number of rotatable bonds is 8. The number of nitrogens with zero attached hydrogens (tertiary/aromatic N) is 2. The largest absolute Gasteiger partial charge is 0.401 e. The molecule has 1 aliphatic rings. The maximum Gasteiger partial charge on any atom is 0.401 e. The monoisotopic (exact) mass is 434 g/mol. The van der Waals surface area contributed by atoms with E-state index >= 15 is 0 Å². The summed E-state index contributed by atoms with van der Waals surface area (Å²) in [6.07, 6.45) is -3.51. The quantitative estimate of drug-likeness (QED) is 0.491. The Morgan fingerprint density at radius 3 is 2.48 bits per heavy atom. The third-order valence-corrected chi connectivity index (χ3v) is 5.17. The van der Waals surface area contributed by atoms with Gasteiger partial charge in [0.15, 0.2) is 5.96 Å². The van der Waals surface area contributed by atoms with Crippen LogP contribution in [0.4, 0.5) is 13.2 Å². The lowest BCUT2D eigenvalue weighted by molar-refractivity contribution is -0.143. The Morgan fingerprint density at radius 1 is 1.06 bits per heavy atom. The summed E-state index contributed by atoms with van der Waals surface area (Å²) in [6.45, 7) is 1.49. The summed E-state index contributed by atoms with van der Waals surface area (Å²) in [7, 11) is 1.66. The number of halogens is 3. The predicted molar refractivity (Wildman–Crippen MR) is 116 cm³/mol. The van der Waals surface area contributed by atoms with Crippen LogP contribution in [0.25, 0.3) is 0 Å². The molecule has 1 heterocycles. The van der Waals surface area contributed by atoms with Gasteiger partial charge in [0.1, 0.15) is 0 Å². The summed E-state index contributed by atoms with van der Waals surface area (Å²) < 4.78 is 43.6. The maximum atomic E-state index is 12.6. The lowest BCUT2D eigenvalue weighted by atomic mass is 10.1. The van der Waals surface area contributed by atoms with Crippen molar-refractivity contribution in [3.05, 3.63) is 71.3 Å². The van der Waals surface area contributed by atoms with Crippen LogP contribution in [0.15, 0.2) is 59.6 Å². The topological polar surface area (TPSA) is 48.9 Å². The minimum absolute atomic E-state index is 0.0574. The fraction of sp³-hybridized carbons (Fsp3) is 0.435. The van der Waals surface area contributed by atoms with E-state index in [9.17, 15) is 13.2 Å². The van der Waals surface area contributed by atoms with Crippen LogP contribution in [0.1, 0.15) is 23.1 Å². The van der Waals surface area contributed by atoms with Crippen LogP contribution in [-0.2, 0) is 24.5 Å². The molecule has 3 rings (SSSR count). The van der Waals surface area contributed by atoms with Gasteiger partial charge >= 0.3 is 6.18 Å². The van der Waals surface area contributed by atoms with E-state index in [-0.39, 0.29) is 6.04 Å². The molecule has 168 valence electrons. The van der Waals surface area contributed by atoms with E-state index < -0.39 is 12.7 Å². The average molecular weight is 435 g/mol. The van der Waals surface area contributed by atoms with Gasteiger partial charge in [-0.1, -0.05) is 54.6 Å². The molecule has 2 aromatic rings. The standard InChI is InChI=1S/C23H29F3N4O/c1-27-22(29-21-11-12-30(14-21)17-23(24,25)26)28-13-19-9-5-6-10-20(19)16-31-15-18-7-3-2-4-8-18/h2-10,21H,11-17H2,1H3,(H2,27,28,29). The molecule has 8 heteroatoms. The first-order valence-corrected chi connectivity index (χ1v) is 10.4. The van der Waals surface area contributed by atoms with E-state index in [0.717, 1.165) is 16.7 Å². The van der Waals surface area contributed by atoms with Gasteiger partial charge in [-0.2, -0.15) is 13.2 Å². The SMILES string of the molecule is CN=C(NCc1ccccc1COCc1ccccc1)NC1CCN(CC(F)(F)F)C1. The lowest BCUT2D eigenvalue weighted by Gasteiger charge is -2.20. The zero-order valence-electron chi connectivity index (χ0n) is 17.7. The van der Waals surface area contributed by atoms with Crippen molar-refractivity contribution in [1.82, 2.24) is 15.5 Å².